The molecule has 186 valence electrons. The predicted octanol–water partition coefficient (Wildman–Crippen LogP) is 5.31. The minimum Gasteiger partial charge on any atom is -0.479 e. The quantitative estimate of drug-likeness (QED) is 0.314. The van der Waals surface area contributed by atoms with Gasteiger partial charge in [-0.3, -0.25) is 4.79 Å². The van der Waals surface area contributed by atoms with E-state index in [0.717, 1.165) is 16.5 Å². The Kier molecular flexibility index (Phi) is 7.74. The van der Waals surface area contributed by atoms with Crippen LogP contribution in [0.1, 0.15) is 18.1 Å². The number of nitrogens with zero attached hydrogens (tertiary/aromatic N) is 3. The Labute approximate surface area is 210 Å². The van der Waals surface area contributed by atoms with Gasteiger partial charge in [0.1, 0.15) is 23.7 Å². The van der Waals surface area contributed by atoms with Crippen molar-refractivity contribution in [2.75, 3.05) is 11.6 Å². The number of anilines is 2. The molecule has 1 atom stereocenters. The van der Waals surface area contributed by atoms with Gasteiger partial charge in [0, 0.05) is 23.7 Å². The minimum absolute atomic E-state index is 0.162. The molecule has 0 spiro atoms. The summed E-state index contributed by atoms with van der Waals surface area (Å²) in [7, 11) is -1.35. The van der Waals surface area contributed by atoms with E-state index in [1.54, 1.807) is 19.1 Å². The zero-order valence-electron chi connectivity index (χ0n) is 20.0. The van der Waals surface area contributed by atoms with Crippen LogP contribution in [-0.4, -0.2) is 28.2 Å². The number of halogens is 1. The van der Waals surface area contributed by atoms with Crippen LogP contribution in [0.3, 0.4) is 0 Å². The molecular weight excluding hydrogens is 481 g/mol. The molecule has 1 aromatic heterocycles. The molecule has 0 fully saturated rings. The molecule has 8 nitrogen and oxygen atoms in total. The molecule has 3 aromatic carbocycles. The van der Waals surface area contributed by atoms with Crippen LogP contribution in [-0.2, 0) is 26.1 Å². The second-order valence-electron chi connectivity index (χ2n) is 8.12. The molecule has 4 aromatic rings. The molecule has 0 saturated heterocycles. The van der Waals surface area contributed by atoms with E-state index in [4.69, 9.17) is 4.74 Å². The third-order valence-electron chi connectivity index (χ3n) is 5.33. The molecule has 1 unspecified atom stereocenters. The molecule has 1 amide bonds. The Morgan fingerprint density at radius 3 is 2.67 bits per heavy atom. The molecule has 0 aliphatic carbocycles. The summed E-state index contributed by atoms with van der Waals surface area (Å²) in [6.07, 6.45) is 2.01. The number of carbonyl (C=O) groups excluding carboxylic acids is 1. The highest BCUT2D eigenvalue weighted by Crippen LogP contribution is 2.34. The monoisotopic (exact) mass is 506 g/mol. The second-order valence-corrected chi connectivity index (χ2v) is 9.15. The van der Waals surface area contributed by atoms with Crippen molar-refractivity contribution in [3.8, 4) is 5.75 Å². The first-order valence-electron chi connectivity index (χ1n) is 11.2. The van der Waals surface area contributed by atoms with Gasteiger partial charge in [0.15, 0.2) is 6.10 Å². The average molecular weight is 507 g/mol. The number of benzene rings is 3. The van der Waals surface area contributed by atoms with Gasteiger partial charge < -0.3 is 23.9 Å². The maximum atomic E-state index is 14.1. The molecular formula is C26H25FN5O3S-. The fourth-order valence-corrected chi connectivity index (χ4v) is 4.07. The number of ether oxygens (including phenoxy) is 1. The van der Waals surface area contributed by atoms with Crippen molar-refractivity contribution >= 4 is 44.6 Å². The average Bonchev–Trinajstić information content (AvgIpc) is 2.84. The Balaban J connectivity index is 1.57. The summed E-state index contributed by atoms with van der Waals surface area (Å²) >= 11 is 0. The van der Waals surface area contributed by atoms with Crippen molar-refractivity contribution in [1.29, 1.82) is 0 Å². The molecule has 4 rings (SSSR count). The van der Waals surface area contributed by atoms with E-state index < -0.39 is 22.5 Å². The van der Waals surface area contributed by atoms with Gasteiger partial charge in [0.2, 0.25) is 0 Å². The van der Waals surface area contributed by atoms with Crippen LogP contribution in [0.25, 0.3) is 10.9 Å². The van der Waals surface area contributed by atoms with Gasteiger partial charge in [0.05, 0.1) is 11.2 Å². The van der Waals surface area contributed by atoms with Crippen LogP contribution < -0.4 is 15.4 Å². The smallest absolute Gasteiger partial charge is 0.261 e. The number of amides is 1. The first-order valence-corrected chi connectivity index (χ1v) is 12.7. The number of aromatic nitrogens is 2. The van der Waals surface area contributed by atoms with E-state index >= 15 is 0 Å². The second kappa shape index (κ2) is 11.1. The molecule has 0 aliphatic rings. The fourth-order valence-electron chi connectivity index (χ4n) is 3.67. The van der Waals surface area contributed by atoms with E-state index in [0.29, 0.717) is 29.3 Å². The SMILES string of the molecule is Cc1cc(N=[S-](C)=O)cc2ncnc(Nc3ccc(F)cc3OC(C)C(=O)NCc3ccccc3)c12. The molecule has 0 radical (unpaired) electrons. The number of carbonyl (C=O) groups is 1. The van der Waals surface area contributed by atoms with Crippen LogP contribution in [0.15, 0.2) is 71.4 Å². The van der Waals surface area contributed by atoms with Crippen LogP contribution >= 0.6 is 0 Å². The number of aryl methyl sites for hydroxylation is 1. The molecule has 2 N–H and O–H groups in total. The number of fused-ring (bicyclic) bond motifs is 1. The predicted molar refractivity (Wildman–Crippen MR) is 138 cm³/mol. The van der Waals surface area contributed by atoms with Gasteiger partial charge in [-0.05, 0) is 49.2 Å². The third kappa shape index (κ3) is 6.14. The first-order chi connectivity index (χ1) is 17.3. The van der Waals surface area contributed by atoms with Gasteiger partial charge in [0.25, 0.3) is 5.91 Å². The van der Waals surface area contributed by atoms with E-state index in [1.165, 1.54) is 30.8 Å². The number of hydrogen-bond acceptors (Lipinski definition) is 8. The zero-order valence-corrected chi connectivity index (χ0v) is 20.8. The Bertz CT molecular complexity index is 1490. The molecule has 0 aliphatic heterocycles. The van der Waals surface area contributed by atoms with Gasteiger partial charge in [-0.1, -0.05) is 30.3 Å². The highest BCUT2D eigenvalue weighted by molar-refractivity contribution is 7.74. The third-order valence-corrected chi connectivity index (χ3v) is 5.80. The van der Waals surface area contributed by atoms with Crippen molar-refractivity contribution in [3.63, 3.8) is 0 Å². The summed E-state index contributed by atoms with van der Waals surface area (Å²) in [6.45, 7) is 3.82. The van der Waals surface area contributed by atoms with Crippen molar-refractivity contribution in [1.82, 2.24) is 15.3 Å². The van der Waals surface area contributed by atoms with Gasteiger partial charge in [-0.15, -0.1) is 6.26 Å². The molecule has 10 heteroatoms. The van der Waals surface area contributed by atoms with Gasteiger partial charge in [-0.25, -0.2) is 14.4 Å². The minimum atomic E-state index is -1.35. The number of hydrogen-bond donors (Lipinski definition) is 2. The number of nitrogens with one attached hydrogen (secondary N) is 2. The Morgan fingerprint density at radius 2 is 1.92 bits per heavy atom. The highest BCUT2D eigenvalue weighted by Gasteiger charge is 2.18. The lowest BCUT2D eigenvalue weighted by Crippen LogP contribution is -2.36. The Hall–Kier alpha value is -4.05. The molecule has 0 saturated carbocycles. The maximum Gasteiger partial charge on any atom is 0.261 e. The first kappa shape index (κ1) is 25.1. The zero-order chi connectivity index (χ0) is 25.7. The lowest BCUT2D eigenvalue weighted by Gasteiger charge is -2.19. The summed E-state index contributed by atoms with van der Waals surface area (Å²) < 4.78 is 35.5. The fraction of sp³-hybridized carbons (Fsp3) is 0.192. The van der Waals surface area contributed by atoms with E-state index in [-0.39, 0.29) is 11.7 Å². The van der Waals surface area contributed by atoms with Crippen LogP contribution in [0.5, 0.6) is 5.75 Å². The van der Waals surface area contributed by atoms with E-state index in [9.17, 15) is 13.4 Å². The van der Waals surface area contributed by atoms with Crippen molar-refractivity contribution in [3.05, 3.63) is 83.9 Å². The summed E-state index contributed by atoms with van der Waals surface area (Å²) in [6, 6.07) is 17.0. The van der Waals surface area contributed by atoms with Gasteiger partial charge in [-0.2, -0.15) is 10.6 Å². The normalized spacial score (nSPS) is 12.8. The molecule has 0 bridgehead atoms. The van der Waals surface area contributed by atoms with Crippen LogP contribution in [0.4, 0.5) is 21.6 Å². The lowest BCUT2D eigenvalue weighted by molar-refractivity contribution is -0.127. The molecule has 36 heavy (non-hydrogen) atoms. The van der Waals surface area contributed by atoms with Gasteiger partial charge >= 0.3 is 0 Å². The largest absolute Gasteiger partial charge is 0.479 e. The molecule has 1 heterocycles. The maximum absolute atomic E-state index is 14.1. The van der Waals surface area contributed by atoms with Crippen LogP contribution in [0.2, 0.25) is 0 Å². The summed E-state index contributed by atoms with van der Waals surface area (Å²) in [4.78, 5) is 21.3. The van der Waals surface area contributed by atoms with Crippen molar-refractivity contribution < 1.29 is 18.1 Å². The number of rotatable bonds is 8. The topological polar surface area (TPSA) is 106 Å². The van der Waals surface area contributed by atoms with Crippen molar-refractivity contribution in [2.24, 2.45) is 4.36 Å². The summed E-state index contributed by atoms with van der Waals surface area (Å²) in [5.74, 6) is -0.203. The Morgan fingerprint density at radius 1 is 1.14 bits per heavy atom. The van der Waals surface area contributed by atoms with E-state index in [2.05, 4.69) is 25.0 Å². The highest BCUT2D eigenvalue weighted by atomic mass is 32.2. The van der Waals surface area contributed by atoms with Crippen molar-refractivity contribution in [2.45, 2.75) is 26.5 Å². The summed E-state index contributed by atoms with van der Waals surface area (Å²) in [5.41, 5.74) is 3.36. The lowest BCUT2D eigenvalue weighted by atomic mass is 10.1. The van der Waals surface area contributed by atoms with Crippen LogP contribution in [0, 0.1) is 12.7 Å². The van der Waals surface area contributed by atoms with E-state index in [1.807, 2.05) is 37.3 Å². The summed E-state index contributed by atoms with van der Waals surface area (Å²) in [5, 5.41) is 6.73. The standard InChI is InChI=1S/C26H25FN5O3S/c1-16-11-20(32-36(3)34)13-22-24(16)25(30-15-29-22)31-21-10-9-19(27)12-23(21)35-17(2)26(33)28-14-18-7-5-4-6-8-18/h4-13,15,17H,14H2,1-3H3,(H,28,33)(H,29,30,31)/q-1.